The van der Waals surface area contributed by atoms with Crippen LogP contribution in [0.15, 0.2) is 18.7 Å². The molecule has 1 heterocycles. The lowest BCUT2D eigenvalue weighted by atomic mass is 9.79. The molecule has 0 radical (unpaired) electrons. The fourth-order valence-electron chi connectivity index (χ4n) is 1.59. The van der Waals surface area contributed by atoms with Gasteiger partial charge < -0.3 is 9.67 Å². The first-order chi connectivity index (χ1) is 5.79. The van der Waals surface area contributed by atoms with Gasteiger partial charge in [-0.05, 0) is 12.8 Å². The molecule has 1 N–H and O–H groups in total. The molecule has 2 rings (SSSR count). The van der Waals surface area contributed by atoms with Crippen LogP contribution < -0.4 is 0 Å². The van der Waals surface area contributed by atoms with Crippen LogP contribution in [0.3, 0.4) is 0 Å². The van der Waals surface area contributed by atoms with Crippen molar-refractivity contribution in [3.63, 3.8) is 0 Å². The van der Waals surface area contributed by atoms with Crippen molar-refractivity contribution in [1.82, 2.24) is 9.55 Å². The summed E-state index contributed by atoms with van der Waals surface area (Å²) in [6.45, 7) is 0. The zero-order chi connectivity index (χ0) is 8.55. The number of aliphatic carboxylic acids is 1. The van der Waals surface area contributed by atoms with Gasteiger partial charge in [0, 0.05) is 18.4 Å². The first-order valence-electron chi connectivity index (χ1n) is 3.99. The summed E-state index contributed by atoms with van der Waals surface area (Å²) >= 11 is 0. The van der Waals surface area contributed by atoms with Gasteiger partial charge >= 0.3 is 5.97 Å². The monoisotopic (exact) mass is 166 g/mol. The largest absolute Gasteiger partial charge is 0.481 e. The maximum absolute atomic E-state index is 10.7. The van der Waals surface area contributed by atoms with Gasteiger partial charge in [-0.25, -0.2) is 4.98 Å². The van der Waals surface area contributed by atoms with Crippen LogP contribution in [-0.2, 0) is 4.79 Å². The van der Waals surface area contributed by atoms with Crippen molar-refractivity contribution < 1.29 is 9.90 Å². The van der Waals surface area contributed by atoms with E-state index >= 15 is 0 Å². The normalized spacial score (nSPS) is 28.0. The molecule has 0 bridgehead atoms. The van der Waals surface area contributed by atoms with Crippen molar-refractivity contribution in [2.45, 2.75) is 18.9 Å². The predicted octanol–water partition coefficient (Wildman–Crippen LogP) is 0.919. The smallest absolute Gasteiger partial charge is 0.308 e. The minimum atomic E-state index is -0.694. The highest BCUT2D eigenvalue weighted by molar-refractivity contribution is 5.71. The molecule has 1 aliphatic rings. The van der Waals surface area contributed by atoms with Crippen LogP contribution in [0.4, 0.5) is 0 Å². The van der Waals surface area contributed by atoms with E-state index in [-0.39, 0.29) is 12.0 Å². The van der Waals surface area contributed by atoms with Crippen molar-refractivity contribution in [3.05, 3.63) is 18.7 Å². The lowest BCUT2D eigenvalue weighted by Crippen LogP contribution is -2.34. The highest BCUT2D eigenvalue weighted by Gasteiger charge is 2.37. The lowest BCUT2D eigenvalue weighted by molar-refractivity contribution is -0.147. The number of aromatic nitrogens is 2. The van der Waals surface area contributed by atoms with Crippen LogP contribution in [0, 0.1) is 5.92 Å². The second kappa shape index (κ2) is 2.62. The molecular formula is C8H10N2O2. The van der Waals surface area contributed by atoms with Crippen LogP contribution >= 0.6 is 0 Å². The molecule has 0 aromatic carbocycles. The van der Waals surface area contributed by atoms with E-state index in [1.54, 1.807) is 12.5 Å². The molecule has 0 saturated heterocycles. The minimum absolute atomic E-state index is 0.130. The van der Waals surface area contributed by atoms with E-state index in [1.165, 1.54) is 0 Å². The number of carboxylic acid groups (broad SMARTS) is 1. The number of imidazole rings is 1. The van der Waals surface area contributed by atoms with Gasteiger partial charge in [0.1, 0.15) is 0 Å². The Morgan fingerprint density at radius 2 is 2.42 bits per heavy atom. The third-order valence-electron chi connectivity index (χ3n) is 2.46. The molecule has 1 aliphatic carbocycles. The molecule has 4 heteroatoms. The Hall–Kier alpha value is -1.32. The zero-order valence-electron chi connectivity index (χ0n) is 6.55. The van der Waals surface area contributed by atoms with Gasteiger partial charge in [-0.2, -0.15) is 0 Å². The second-order valence-electron chi connectivity index (χ2n) is 3.10. The Morgan fingerprint density at radius 3 is 2.83 bits per heavy atom. The van der Waals surface area contributed by atoms with E-state index < -0.39 is 5.97 Å². The van der Waals surface area contributed by atoms with Gasteiger partial charge in [-0.3, -0.25) is 4.79 Å². The number of carboxylic acids is 1. The maximum atomic E-state index is 10.7. The molecular weight excluding hydrogens is 156 g/mol. The van der Waals surface area contributed by atoms with E-state index in [2.05, 4.69) is 4.98 Å². The summed E-state index contributed by atoms with van der Waals surface area (Å²) in [7, 11) is 0. The Bertz CT molecular complexity index is 281. The van der Waals surface area contributed by atoms with E-state index in [4.69, 9.17) is 5.11 Å². The van der Waals surface area contributed by atoms with Gasteiger partial charge in [0.15, 0.2) is 0 Å². The molecule has 1 fully saturated rings. The molecule has 0 aliphatic heterocycles. The van der Waals surface area contributed by atoms with Gasteiger partial charge in [-0.1, -0.05) is 0 Å². The fraction of sp³-hybridized carbons (Fsp3) is 0.500. The third kappa shape index (κ3) is 0.995. The van der Waals surface area contributed by atoms with Crippen molar-refractivity contribution in [3.8, 4) is 0 Å². The van der Waals surface area contributed by atoms with Crippen molar-refractivity contribution in [2.24, 2.45) is 5.92 Å². The van der Waals surface area contributed by atoms with E-state index in [0.717, 1.165) is 12.8 Å². The van der Waals surface area contributed by atoms with Gasteiger partial charge in [-0.15, -0.1) is 0 Å². The number of nitrogens with zero attached hydrogens (tertiary/aromatic N) is 2. The average molecular weight is 166 g/mol. The van der Waals surface area contributed by atoms with Gasteiger partial charge in [0.25, 0.3) is 0 Å². The molecule has 64 valence electrons. The number of rotatable bonds is 2. The Labute approximate surface area is 69.8 Å². The Morgan fingerprint density at radius 1 is 1.58 bits per heavy atom. The van der Waals surface area contributed by atoms with E-state index in [1.807, 2.05) is 10.8 Å². The molecule has 4 nitrogen and oxygen atoms in total. The van der Waals surface area contributed by atoms with Gasteiger partial charge in [0.2, 0.25) is 0 Å². The van der Waals surface area contributed by atoms with Crippen molar-refractivity contribution >= 4 is 5.97 Å². The summed E-state index contributed by atoms with van der Waals surface area (Å²) in [6.07, 6.45) is 6.92. The summed E-state index contributed by atoms with van der Waals surface area (Å²) in [5, 5.41) is 8.77. The zero-order valence-corrected chi connectivity index (χ0v) is 6.55. The highest BCUT2D eigenvalue weighted by Crippen LogP contribution is 2.38. The van der Waals surface area contributed by atoms with E-state index in [0.29, 0.717) is 0 Å². The molecule has 1 saturated carbocycles. The molecule has 0 amide bonds. The Balaban J connectivity index is 2.12. The average Bonchev–Trinajstić information content (AvgIpc) is 2.35. The van der Waals surface area contributed by atoms with E-state index in [9.17, 15) is 4.79 Å². The van der Waals surface area contributed by atoms with Crippen LogP contribution in [0.5, 0.6) is 0 Å². The molecule has 1 aromatic rings. The second-order valence-corrected chi connectivity index (χ2v) is 3.10. The first kappa shape index (κ1) is 7.34. The SMILES string of the molecule is O=C(O)C1CCC1n1ccnc1. The Kier molecular flexibility index (Phi) is 1.60. The highest BCUT2D eigenvalue weighted by atomic mass is 16.4. The molecule has 1 aromatic heterocycles. The van der Waals surface area contributed by atoms with Crippen molar-refractivity contribution in [2.75, 3.05) is 0 Å². The number of carbonyl (C=O) groups is 1. The maximum Gasteiger partial charge on any atom is 0.308 e. The topological polar surface area (TPSA) is 55.1 Å². The fourth-order valence-corrected chi connectivity index (χ4v) is 1.59. The van der Waals surface area contributed by atoms with Crippen LogP contribution in [0.25, 0.3) is 0 Å². The minimum Gasteiger partial charge on any atom is -0.481 e. The third-order valence-corrected chi connectivity index (χ3v) is 2.46. The van der Waals surface area contributed by atoms with Crippen LogP contribution in [0.2, 0.25) is 0 Å². The number of hydrogen-bond donors (Lipinski definition) is 1. The van der Waals surface area contributed by atoms with Crippen LogP contribution in [0.1, 0.15) is 18.9 Å². The standard InChI is InChI=1S/C8H10N2O2/c11-8(12)6-1-2-7(6)10-4-3-9-5-10/h3-7H,1-2H2,(H,11,12). The van der Waals surface area contributed by atoms with Crippen molar-refractivity contribution in [1.29, 1.82) is 0 Å². The molecule has 0 spiro atoms. The quantitative estimate of drug-likeness (QED) is 0.710. The summed E-state index contributed by atoms with van der Waals surface area (Å²) in [5.74, 6) is -0.904. The number of hydrogen-bond acceptors (Lipinski definition) is 2. The predicted molar refractivity (Wildman–Crippen MR) is 41.6 cm³/mol. The summed E-state index contributed by atoms with van der Waals surface area (Å²) < 4.78 is 1.88. The first-order valence-corrected chi connectivity index (χ1v) is 3.99. The molecule has 2 atom stereocenters. The summed E-state index contributed by atoms with van der Waals surface area (Å²) in [6, 6.07) is 0.130. The van der Waals surface area contributed by atoms with Gasteiger partial charge in [0.05, 0.1) is 12.2 Å². The molecule has 12 heavy (non-hydrogen) atoms. The summed E-state index contributed by atoms with van der Waals surface area (Å²) in [5.41, 5.74) is 0. The lowest BCUT2D eigenvalue weighted by Gasteiger charge is -2.34. The van der Waals surface area contributed by atoms with Crippen LogP contribution in [-0.4, -0.2) is 20.6 Å². The summed E-state index contributed by atoms with van der Waals surface area (Å²) in [4.78, 5) is 14.5. The molecule has 2 unspecified atom stereocenters.